The van der Waals surface area contributed by atoms with E-state index in [9.17, 15) is 0 Å². The maximum atomic E-state index is 4.96. The third-order valence-corrected chi connectivity index (χ3v) is 4.45. The first-order valence-corrected chi connectivity index (χ1v) is 7.90. The van der Waals surface area contributed by atoms with E-state index in [0.29, 0.717) is 11.8 Å². The van der Waals surface area contributed by atoms with E-state index >= 15 is 0 Å². The van der Waals surface area contributed by atoms with Crippen LogP contribution in [0.5, 0.6) is 0 Å². The molecule has 4 heteroatoms. The average molecular weight is 280 g/mol. The molecular weight excluding hydrogens is 260 g/mol. The molecule has 2 aromatic rings. The molecule has 3 heterocycles. The molecule has 1 atom stereocenters. The highest BCUT2D eigenvalue weighted by Gasteiger charge is 2.29. The number of nitrogens with one attached hydrogen (secondary N) is 1. The van der Waals surface area contributed by atoms with E-state index in [2.05, 4.69) is 27.4 Å². The molecule has 0 spiro atoms. The van der Waals surface area contributed by atoms with Crippen molar-refractivity contribution in [3.05, 3.63) is 42.2 Å². The molecule has 2 aliphatic rings. The summed E-state index contributed by atoms with van der Waals surface area (Å²) in [6, 6.07) is 4.10. The zero-order valence-corrected chi connectivity index (χ0v) is 12.1. The number of pyridine rings is 1. The van der Waals surface area contributed by atoms with Crippen LogP contribution in [0.2, 0.25) is 0 Å². The van der Waals surface area contributed by atoms with Crippen molar-refractivity contribution >= 4 is 0 Å². The van der Waals surface area contributed by atoms with Crippen molar-refractivity contribution in [1.82, 2.24) is 20.3 Å². The van der Waals surface area contributed by atoms with Gasteiger partial charge in [0, 0.05) is 42.5 Å². The van der Waals surface area contributed by atoms with Crippen LogP contribution in [0, 0.1) is 0 Å². The van der Waals surface area contributed by atoms with E-state index in [1.807, 2.05) is 18.6 Å². The van der Waals surface area contributed by atoms with Crippen molar-refractivity contribution in [2.75, 3.05) is 13.1 Å². The van der Waals surface area contributed by atoms with Crippen LogP contribution in [0.25, 0.3) is 11.1 Å². The van der Waals surface area contributed by atoms with E-state index in [0.717, 1.165) is 18.9 Å². The van der Waals surface area contributed by atoms with Gasteiger partial charge < -0.3 is 5.32 Å². The maximum Gasteiger partial charge on any atom is 0.131 e. The van der Waals surface area contributed by atoms with Gasteiger partial charge in [-0.25, -0.2) is 9.97 Å². The third kappa shape index (κ3) is 2.68. The predicted molar refractivity (Wildman–Crippen MR) is 82.1 cm³/mol. The predicted octanol–water partition coefficient (Wildman–Crippen LogP) is 2.88. The molecule has 108 valence electrons. The lowest BCUT2D eigenvalue weighted by molar-refractivity contribution is 0.454. The van der Waals surface area contributed by atoms with Gasteiger partial charge in [-0.2, -0.15) is 0 Å². The number of hydrogen-bond acceptors (Lipinski definition) is 4. The van der Waals surface area contributed by atoms with Gasteiger partial charge in [0.1, 0.15) is 5.82 Å². The van der Waals surface area contributed by atoms with E-state index in [1.165, 1.54) is 42.5 Å². The third-order valence-electron chi connectivity index (χ3n) is 4.45. The summed E-state index contributed by atoms with van der Waals surface area (Å²) in [5.41, 5.74) is 3.58. The van der Waals surface area contributed by atoms with Crippen LogP contribution in [0.15, 0.2) is 30.7 Å². The first kappa shape index (κ1) is 12.9. The quantitative estimate of drug-likeness (QED) is 0.939. The van der Waals surface area contributed by atoms with Gasteiger partial charge in [0.05, 0.1) is 5.69 Å². The summed E-state index contributed by atoms with van der Waals surface area (Å²) in [5, 5.41) is 3.50. The minimum absolute atomic E-state index is 0.502. The van der Waals surface area contributed by atoms with Crippen LogP contribution in [0.1, 0.15) is 49.0 Å². The van der Waals surface area contributed by atoms with Crippen molar-refractivity contribution in [2.24, 2.45) is 0 Å². The Hall–Kier alpha value is -1.81. The molecule has 1 aliphatic heterocycles. The Morgan fingerprint density at radius 1 is 1.05 bits per heavy atom. The molecule has 21 heavy (non-hydrogen) atoms. The first-order valence-electron chi connectivity index (χ1n) is 7.90. The molecular formula is C17H20N4. The van der Waals surface area contributed by atoms with Crippen LogP contribution in [-0.4, -0.2) is 28.0 Å². The highest BCUT2D eigenvalue weighted by atomic mass is 14.9. The molecule has 4 nitrogen and oxygen atoms in total. The minimum Gasteiger partial charge on any atom is -0.316 e. The number of rotatable bonds is 3. The van der Waals surface area contributed by atoms with Crippen LogP contribution in [-0.2, 0) is 0 Å². The Morgan fingerprint density at radius 3 is 2.62 bits per heavy atom. The molecule has 4 rings (SSSR count). The fraction of sp³-hybridized carbons (Fsp3) is 0.471. The summed E-state index contributed by atoms with van der Waals surface area (Å²) in [5.74, 6) is 2.16. The van der Waals surface area contributed by atoms with Gasteiger partial charge in [-0.3, -0.25) is 4.98 Å². The van der Waals surface area contributed by atoms with E-state index in [1.54, 1.807) is 0 Å². The largest absolute Gasteiger partial charge is 0.316 e. The summed E-state index contributed by atoms with van der Waals surface area (Å²) in [6.45, 7) is 2.15. The van der Waals surface area contributed by atoms with Gasteiger partial charge in [-0.15, -0.1) is 0 Å². The molecule has 0 radical (unpaired) electrons. The molecule has 1 N–H and O–H groups in total. The van der Waals surface area contributed by atoms with Crippen LogP contribution in [0.4, 0.5) is 0 Å². The van der Waals surface area contributed by atoms with Gasteiger partial charge in [-0.05, 0) is 49.9 Å². The standard InChI is InChI=1S/C17H20N4/c1-2-14(10-19-7-1)16-15(12-5-8-18-9-6-12)11-20-17(21-16)13-3-4-13/h5-6,8-9,11,13-14,19H,1-4,7,10H2/t14-/m0/s1. The molecule has 1 saturated carbocycles. The Balaban J connectivity index is 1.77. The summed E-state index contributed by atoms with van der Waals surface area (Å²) < 4.78 is 0. The minimum atomic E-state index is 0.502. The Morgan fingerprint density at radius 2 is 1.90 bits per heavy atom. The zero-order chi connectivity index (χ0) is 14.1. The molecule has 1 aliphatic carbocycles. The fourth-order valence-electron chi connectivity index (χ4n) is 3.10. The van der Waals surface area contributed by atoms with Crippen molar-refractivity contribution in [1.29, 1.82) is 0 Å². The number of piperidine rings is 1. The zero-order valence-electron chi connectivity index (χ0n) is 12.1. The molecule has 1 saturated heterocycles. The van der Waals surface area contributed by atoms with Crippen molar-refractivity contribution in [2.45, 2.75) is 37.5 Å². The van der Waals surface area contributed by atoms with Crippen molar-refractivity contribution in [3.8, 4) is 11.1 Å². The maximum absolute atomic E-state index is 4.96. The Bertz CT molecular complexity index is 616. The summed E-state index contributed by atoms with van der Waals surface area (Å²) in [6.07, 6.45) is 10.6. The number of nitrogens with zero attached hydrogens (tertiary/aromatic N) is 3. The lowest BCUT2D eigenvalue weighted by Gasteiger charge is -2.24. The van der Waals surface area contributed by atoms with Gasteiger partial charge in [0.2, 0.25) is 0 Å². The Kier molecular flexibility index (Phi) is 3.39. The van der Waals surface area contributed by atoms with E-state index in [4.69, 9.17) is 4.98 Å². The normalized spacial score (nSPS) is 22.2. The lowest BCUT2D eigenvalue weighted by atomic mass is 9.91. The van der Waals surface area contributed by atoms with Crippen molar-refractivity contribution < 1.29 is 0 Å². The van der Waals surface area contributed by atoms with E-state index < -0.39 is 0 Å². The second-order valence-electron chi connectivity index (χ2n) is 6.08. The average Bonchev–Trinajstić information content (AvgIpc) is 3.41. The molecule has 0 amide bonds. The monoisotopic (exact) mass is 280 g/mol. The number of hydrogen-bond donors (Lipinski definition) is 1. The fourth-order valence-corrected chi connectivity index (χ4v) is 3.10. The molecule has 0 bridgehead atoms. The van der Waals surface area contributed by atoms with Crippen LogP contribution in [0.3, 0.4) is 0 Å². The lowest BCUT2D eigenvalue weighted by Crippen LogP contribution is -2.29. The van der Waals surface area contributed by atoms with Gasteiger partial charge in [0.15, 0.2) is 0 Å². The van der Waals surface area contributed by atoms with Crippen LogP contribution >= 0.6 is 0 Å². The van der Waals surface area contributed by atoms with E-state index in [-0.39, 0.29) is 0 Å². The first-order chi connectivity index (χ1) is 10.4. The summed E-state index contributed by atoms with van der Waals surface area (Å²) in [7, 11) is 0. The number of aromatic nitrogens is 3. The second-order valence-corrected chi connectivity index (χ2v) is 6.08. The van der Waals surface area contributed by atoms with Crippen molar-refractivity contribution in [3.63, 3.8) is 0 Å². The Labute approximate surface area is 125 Å². The van der Waals surface area contributed by atoms with Gasteiger partial charge in [-0.1, -0.05) is 0 Å². The molecule has 2 aromatic heterocycles. The smallest absolute Gasteiger partial charge is 0.131 e. The molecule has 2 fully saturated rings. The SMILES string of the molecule is c1cc(-c2cnc(C3CC3)nc2[C@H]2CCCNC2)ccn1. The molecule has 0 unspecified atom stereocenters. The topological polar surface area (TPSA) is 50.7 Å². The van der Waals surface area contributed by atoms with Crippen LogP contribution < -0.4 is 5.32 Å². The van der Waals surface area contributed by atoms with Gasteiger partial charge >= 0.3 is 0 Å². The summed E-state index contributed by atoms with van der Waals surface area (Å²) in [4.78, 5) is 13.7. The highest BCUT2D eigenvalue weighted by Crippen LogP contribution is 2.40. The summed E-state index contributed by atoms with van der Waals surface area (Å²) >= 11 is 0. The highest BCUT2D eigenvalue weighted by molar-refractivity contribution is 5.65. The molecule has 0 aromatic carbocycles. The second kappa shape index (κ2) is 5.53. The van der Waals surface area contributed by atoms with Gasteiger partial charge in [0.25, 0.3) is 0 Å².